The Morgan fingerprint density at radius 1 is 1.22 bits per heavy atom. The van der Waals surface area contributed by atoms with Gasteiger partial charge in [-0.2, -0.15) is 0 Å². The normalized spacial score (nSPS) is 15.2. The van der Waals surface area contributed by atoms with Crippen LogP contribution in [-0.2, 0) is 4.79 Å². The lowest BCUT2D eigenvalue weighted by atomic mass is 9.89. The summed E-state index contributed by atoms with van der Waals surface area (Å²) in [5.74, 6) is 0.153. The third-order valence-corrected chi connectivity index (χ3v) is 5.58. The molecule has 1 amide bonds. The molecular formula is C23H28FN2O. The predicted molar refractivity (Wildman–Crippen MR) is 109 cm³/mol. The largest absolute Gasteiger partial charge is 0.369 e. The third kappa shape index (κ3) is 4.68. The van der Waals surface area contributed by atoms with Gasteiger partial charge in [0.15, 0.2) is 0 Å². The molecule has 1 saturated heterocycles. The molecule has 2 aromatic carbocycles. The van der Waals surface area contributed by atoms with Gasteiger partial charge in [0, 0.05) is 24.7 Å². The summed E-state index contributed by atoms with van der Waals surface area (Å²) in [6.45, 7) is 5.63. The summed E-state index contributed by atoms with van der Waals surface area (Å²) in [7, 11) is 0. The number of anilines is 2. The second kappa shape index (κ2) is 9.03. The number of nitrogens with one attached hydrogen (secondary N) is 1. The highest BCUT2D eigenvalue weighted by Crippen LogP contribution is 2.32. The molecule has 1 aliphatic heterocycles. The van der Waals surface area contributed by atoms with E-state index in [-0.39, 0.29) is 17.6 Å². The van der Waals surface area contributed by atoms with E-state index in [2.05, 4.69) is 22.3 Å². The van der Waals surface area contributed by atoms with Crippen LogP contribution in [0.15, 0.2) is 42.5 Å². The van der Waals surface area contributed by atoms with Crippen molar-refractivity contribution in [3.63, 3.8) is 0 Å². The quantitative estimate of drug-likeness (QED) is 0.743. The van der Waals surface area contributed by atoms with Crippen LogP contribution in [0.2, 0.25) is 0 Å². The highest BCUT2D eigenvalue weighted by atomic mass is 19.1. The van der Waals surface area contributed by atoms with E-state index in [1.807, 2.05) is 32.0 Å². The monoisotopic (exact) mass is 367 g/mol. The van der Waals surface area contributed by atoms with Crippen LogP contribution >= 0.6 is 0 Å². The Balaban J connectivity index is 1.62. The Labute approximate surface area is 161 Å². The second-order valence-electron chi connectivity index (χ2n) is 7.25. The average molecular weight is 367 g/mol. The topological polar surface area (TPSA) is 32.3 Å². The maximum absolute atomic E-state index is 14.7. The van der Waals surface area contributed by atoms with Gasteiger partial charge in [-0.1, -0.05) is 38.1 Å². The van der Waals surface area contributed by atoms with Crippen molar-refractivity contribution in [2.24, 2.45) is 5.92 Å². The van der Waals surface area contributed by atoms with Crippen LogP contribution < -0.4 is 10.2 Å². The first-order chi connectivity index (χ1) is 13.1. The molecule has 0 saturated carbocycles. The lowest BCUT2D eigenvalue weighted by molar-refractivity contribution is -0.120. The van der Waals surface area contributed by atoms with Crippen molar-refractivity contribution in [2.75, 3.05) is 23.3 Å². The van der Waals surface area contributed by atoms with Crippen molar-refractivity contribution in [3.8, 4) is 0 Å². The van der Waals surface area contributed by atoms with E-state index in [1.165, 1.54) is 11.6 Å². The summed E-state index contributed by atoms with van der Waals surface area (Å²) in [5, 5.41) is 2.84. The molecule has 2 aromatic rings. The molecule has 27 heavy (non-hydrogen) atoms. The number of benzene rings is 2. The maximum atomic E-state index is 14.7. The molecule has 3 nitrogen and oxygen atoms in total. The molecule has 1 aliphatic rings. The van der Waals surface area contributed by atoms with Gasteiger partial charge >= 0.3 is 0 Å². The molecule has 0 bridgehead atoms. The smallest absolute Gasteiger partial charge is 0.227 e. The summed E-state index contributed by atoms with van der Waals surface area (Å²) in [5.41, 5.74) is 2.39. The molecule has 1 fully saturated rings. The Hall–Kier alpha value is -2.36. The van der Waals surface area contributed by atoms with Gasteiger partial charge in [0.05, 0.1) is 5.69 Å². The van der Waals surface area contributed by atoms with Crippen LogP contribution in [0.3, 0.4) is 0 Å². The number of piperidine rings is 1. The standard InChI is InChI=1S/C23H28FN2O/c1-3-17(4-2)23(27)25-20-10-11-22(21(24)16-20)26-14-12-19(13-15-26)18-8-6-5-7-9-18/h5-8,10-11,16-17,19H,3-4,12-15H2,1-2H3,(H,25,27). The lowest BCUT2D eigenvalue weighted by Gasteiger charge is -2.34. The van der Waals surface area contributed by atoms with Gasteiger partial charge < -0.3 is 10.2 Å². The van der Waals surface area contributed by atoms with E-state index >= 15 is 0 Å². The fourth-order valence-electron chi connectivity index (χ4n) is 3.84. The van der Waals surface area contributed by atoms with Crippen LogP contribution in [0, 0.1) is 17.8 Å². The van der Waals surface area contributed by atoms with Gasteiger partial charge in [-0.05, 0) is 61.4 Å². The molecule has 4 heteroatoms. The van der Waals surface area contributed by atoms with Crippen LogP contribution in [0.25, 0.3) is 0 Å². The first-order valence-electron chi connectivity index (χ1n) is 9.94. The summed E-state index contributed by atoms with van der Waals surface area (Å²) in [6.07, 6.45) is 3.56. The minimum absolute atomic E-state index is 0.0263. The molecule has 0 atom stereocenters. The van der Waals surface area contributed by atoms with Crippen molar-refractivity contribution in [1.29, 1.82) is 0 Å². The van der Waals surface area contributed by atoms with Crippen LogP contribution in [0.4, 0.5) is 15.8 Å². The van der Waals surface area contributed by atoms with E-state index in [1.54, 1.807) is 12.1 Å². The Kier molecular flexibility index (Phi) is 6.49. The molecule has 1 N–H and O–H groups in total. The second-order valence-corrected chi connectivity index (χ2v) is 7.25. The van der Waals surface area contributed by atoms with E-state index in [0.29, 0.717) is 17.3 Å². The van der Waals surface area contributed by atoms with Gasteiger partial charge in [0.1, 0.15) is 5.82 Å². The van der Waals surface area contributed by atoms with Gasteiger partial charge in [-0.3, -0.25) is 4.79 Å². The molecular weight excluding hydrogens is 339 g/mol. The minimum Gasteiger partial charge on any atom is -0.369 e. The fraction of sp³-hybridized carbons (Fsp3) is 0.435. The summed E-state index contributed by atoms with van der Waals surface area (Å²) >= 11 is 0. The molecule has 3 rings (SSSR count). The fourth-order valence-corrected chi connectivity index (χ4v) is 3.84. The summed E-state index contributed by atoms with van der Waals surface area (Å²) in [4.78, 5) is 14.3. The first kappa shape index (κ1) is 19.4. The van der Waals surface area contributed by atoms with Crippen molar-refractivity contribution >= 4 is 17.3 Å². The van der Waals surface area contributed by atoms with E-state index in [0.717, 1.165) is 38.8 Å². The number of hydrogen-bond donors (Lipinski definition) is 1. The number of rotatable bonds is 6. The van der Waals surface area contributed by atoms with Crippen molar-refractivity contribution in [3.05, 3.63) is 59.9 Å². The predicted octanol–water partition coefficient (Wildman–Crippen LogP) is 5.38. The molecule has 0 unspecified atom stereocenters. The third-order valence-electron chi connectivity index (χ3n) is 5.58. The molecule has 0 aromatic heterocycles. The van der Waals surface area contributed by atoms with Crippen molar-refractivity contribution < 1.29 is 9.18 Å². The summed E-state index contributed by atoms with van der Waals surface area (Å²) in [6, 6.07) is 16.4. The highest BCUT2D eigenvalue weighted by Gasteiger charge is 2.23. The molecule has 1 radical (unpaired) electrons. The highest BCUT2D eigenvalue weighted by molar-refractivity contribution is 5.92. The van der Waals surface area contributed by atoms with Gasteiger partial charge in [-0.25, -0.2) is 4.39 Å². The van der Waals surface area contributed by atoms with Crippen molar-refractivity contribution in [2.45, 2.75) is 45.4 Å². The number of halogens is 1. The van der Waals surface area contributed by atoms with E-state index < -0.39 is 0 Å². The minimum atomic E-state index is -0.276. The number of carbonyl (C=O) groups excluding carboxylic acids is 1. The number of hydrogen-bond acceptors (Lipinski definition) is 2. The lowest BCUT2D eigenvalue weighted by Crippen LogP contribution is -2.33. The first-order valence-corrected chi connectivity index (χ1v) is 9.94. The maximum Gasteiger partial charge on any atom is 0.227 e. The van der Waals surface area contributed by atoms with Crippen molar-refractivity contribution in [1.82, 2.24) is 0 Å². The molecule has 143 valence electrons. The van der Waals surface area contributed by atoms with Crippen LogP contribution in [-0.4, -0.2) is 19.0 Å². The Morgan fingerprint density at radius 2 is 1.96 bits per heavy atom. The van der Waals surface area contributed by atoms with Gasteiger partial charge in [0.25, 0.3) is 0 Å². The zero-order valence-electron chi connectivity index (χ0n) is 16.2. The zero-order valence-corrected chi connectivity index (χ0v) is 16.2. The van der Waals surface area contributed by atoms with E-state index in [4.69, 9.17) is 0 Å². The average Bonchev–Trinajstić information content (AvgIpc) is 2.70. The molecule has 1 heterocycles. The van der Waals surface area contributed by atoms with E-state index in [9.17, 15) is 9.18 Å². The Bertz CT molecular complexity index is 750. The van der Waals surface area contributed by atoms with Gasteiger partial charge in [-0.15, -0.1) is 0 Å². The zero-order chi connectivity index (χ0) is 19.2. The molecule has 0 spiro atoms. The molecule has 0 aliphatic carbocycles. The van der Waals surface area contributed by atoms with Crippen LogP contribution in [0.5, 0.6) is 0 Å². The number of nitrogens with zero attached hydrogens (tertiary/aromatic N) is 1. The number of amides is 1. The van der Waals surface area contributed by atoms with Crippen LogP contribution in [0.1, 0.15) is 51.0 Å². The Morgan fingerprint density at radius 3 is 2.56 bits per heavy atom. The SMILES string of the molecule is CCC(CC)C(=O)Nc1ccc(N2CCC(c3[c]cccc3)CC2)c(F)c1. The number of carbonyl (C=O) groups is 1. The summed E-state index contributed by atoms with van der Waals surface area (Å²) < 4.78 is 14.7. The van der Waals surface area contributed by atoms with Gasteiger partial charge in [0.2, 0.25) is 5.91 Å².